The lowest BCUT2D eigenvalue weighted by molar-refractivity contribution is -0.148. The zero-order valence-electron chi connectivity index (χ0n) is 9.30. The number of ether oxygens (including phenoxy) is 2. The van der Waals surface area contributed by atoms with Crippen molar-refractivity contribution in [3.8, 4) is 0 Å². The Bertz CT molecular complexity index is 175. The van der Waals surface area contributed by atoms with Crippen molar-refractivity contribution in [1.29, 1.82) is 0 Å². The standard InChI is InChI=1S/C10H19IO3/c1-5-13-9(12)6-8(7-11)14-10(2,3)4/h8H,5-7H2,1-4H3. The van der Waals surface area contributed by atoms with E-state index in [1.807, 2.05) is 27.7 Å². The van der Waals surface area contributed by atoms with Crippen LogP contribution in [0.4, 0.5) is 0 Å². The van der Waals surface area contributed by atoms with Crippen molar-refractivity contribution in [1.82, 2.24) is 0 Å². The molecule has 0 spiro atoms. The highest BCUT2D eigenvalue weighted by Gasteiger charge is 2.20. The van der Waals surface area contributed by atoms with E-state index in [0.29, 0.717) is 13.0 Å². The molecule has 0 fully saturated rings. The van der Waals surface area contributed by atoms with Gasteiger partial charge in [-0.1, -0.05) is 22.6 Å². The third-order valence-corrected chi connectivity index (χ3v) is 2.37. The van der Waals surface area contributed by atoms with Crippen LogP contribution in [0.1, 0.15) is 34.1 Å². The molecule has 0 aliphatic carbocycles. The van der Waals surface area contributed by atoms with Gasteiger partial charge in [-0.05, 0) is 27.7 Å². The molecule has 1 unspecified atom stereocenters. The van der Waals surface area contributed by atoms with Crippen molar-refractivity contribution in [2.24, 2.45) is 0 Å². The Morgan fingerprint density at radius 1 is 1.43 bits per heavy atom. The van der Waals surface area contributed by atoms with Gasteiger partial charge in [0.1, 0.15) is 0 Å². The fraction of sp³-hybridized carbons (Fsp3) is 0.900. The maximum atomic E-state index is 11.2. The molecule has 0 heterocycles. The second-order valence-electron chi connectivity index (χ2n) is 4.02. The zero-order valence-corrected chi connectivity index (χ0v) is 11.5. The Kier molecular flexibility index (Phi) is 6.68. The van der Waals surface area contributed by atoms with E-state index in [4.69, 9.17) is 9.47 Å². The summed E-state index contributed by atoms with van der Waals surface area (Å²) in [6, 6.07) is 0. The minimum Gasteiger partial charge on any atom is -0.466 e. The molecule has 0 N–H and O–H groups in total. The normalized spacial score (nSPS) is 13.8. The van der Waals surface area contributed by atoms with Crippen LogP contribution in [0.3, 0.4) is 0 Å². The summed E-state index contributed by atoms with van der Waals surface area (Å²) in [5.41, 5.74) is -0.206. The molecule has 0 rings (SSSR count). The van der Waals surface area contributed by atoms with Gasteiger partial charge in [0.15, 0.2) is 0 Å². The molecule has 0 amide bonds. The zero-order chi connectivity index (χ0) is 11.2. The molecule has 0 saturated carbocycles. The molecule has 0 aliphatic heterocycles. The lowest BCUT2D eigenvalue weighted by Gasteiger charge is -2.25. The summed E-state index contributed by atoms with van der Waals surface area (Å²) in [5, 5.41) is 0. The molecule has 3 nitrogen and oxygen atoms in total. The van der Waals surface area contributed by atoms with E-state index in [9.17, 15) is 4.79 Å². The second kappa shape index (κ2) is 6.61. The number of carbonyl (C=O) groups is 1. The van der Waals surface area contributed by atoms with Gasteiger partial charge in [0.2, 0.25) is 0 Å². The molecule has 0 radical (unpaired) electrons. The van der Waals surface area contributed by atoms with Crippen LogP contribution in [0.25, 0.3) is 0 Å². The van der Waals surface area contributed by atoms with Gasteiger partial charge in [-0.25, -0.2) is 0 Å². The van der Waals surface area contributed by atoms with Crippen molar-refractivity contribution in [3.63, 3.8) is 0 Å². The van der Waals surface area contributed by atoms with E-state index >= 15 is 0 Å². The Morgan fingerprint density at radius 3 is 2.36 bits per heavy atom. The van der Waals surface area contributed by atoms with Gasteiger partial charge in [0, 0.05) is 4.43 Å². The smallest absolute Gasteiger partial charge is 0.308 e. The van der Waals surface area contributed by atoms with E-state index in [1.165, 1.54) is 0 Å². The number of carbonyl (C=O) groups excluding carboxylic acids is 1. The highest BCUT2D eigenvalue weighted by molar-refractivity contribution is 14.1. The minimum atomic E-state index is -0.206. The molecule has 14 heavy (non-hydrogen) atoms. The number of alkyl halides is 1. The van der Waals surface area contributed by atoms with Crippen LogP contribution in [-0.4, -0.2) is 28.7 Å². The molecule has 0 aromatic rings. The van der Waals surface area contributed by atoms with Crippen LogP contribution >= 0.6 is 22.6 Å². The number of halogens is 1. The van der Waals surface area contributed by atoms with E-state index in [0.717, 1.165) is 4.43 Å². The van der Waals surface area contributed by atoms with Crippen LogP contribution in [0, 0.1) is 0 Å². The van der Waals surface area contributed by atoms with Crippen LogP contribution in [0.5, 0.6) is 0 Å². The third kappa shape index (κ3) is 7.55. The van der Waals surface area contributed by atoms with E-state index < -0.39 is 0 Å². The summed E-state index contributed by atoms with van der Waals surface area (Å²) in [7, 11) is 0. The topological polar surface area (TPSA) is 35.5 Å². The first-order valence-corrected chi connectivity index (χ1v) is 6.31. The van der Waals surface area contributed by atoms with Crippen molar-refractivity contribution in [3.05, 3.63) is 0 Å². The van der Waals surface area contributed by atoms with Gasteiger partial charge >= 0.3 is 5.97 Å². The van der Waals surface area contributed by atoms with Gasteiger partial charge < -0.3 is 9.47 Å². The second-order valence-corrected chi connectivity index (χ2v) is 4.90. The summed E-state index contributed by atoms with van der Waals surface area (Å²) in [6.07, 6.45) is 0.295. The monoisotopic (exact) mass is 314 g/mol. The summed E-state index contributed by atoms with van der Waals surface area (Å²) >= 11 is 2.22. The lowest BCUT2D eigenvalue weighted by atomic mass is 10.1. The largest absolute Gasteiger partial charge is 0.466 e. The lowest BCUT2D eigenvalue weighted by Crippen LogP contribution is -2.30. The summed E-state index contributed by atoms with van der Waals surface area (Å²) in [4.78, 5) is 11.2. The van der Waals surface area contributed by atoms with Crippen LogP contribution in [0.15, 0.2) is 0 Å². The summed E-state index contributed by atoms with van der Waals surface area (Å²) in [5.74, 6) is -0.182. The predicted molar refractivity (Wildman–Crippen MR) is 64.8 cm³/mol. The van der Waals surface area contributed by atoms with E-state index in [1.54, 1.807) is 0 Å². The number of hydrogen-bond donors (Lipinski definition) is 0. The van der Waals surface area contributed by atoms with Gasteiger partial charge in [-0.3, -0.25) is 4.79 Å². The highest BCUT2D eigenvalue weighted by Crippen LogP contribution is 2.15. The number of rotatable bonds is 5. The van der Waals surface area contributed by atoms with Crippen LogP contribution in [0.2, 0.25) is 0 Å². The quantitative estimate of drug-likeness (QED) is 0.444. The predicted octanol–water partition coefficient (Wildman–Crippen LogP) is 2.56. The Morgan fingerprint density at radius 2 is 2.00 bits per heavy atom. The van der Waals surface area contributed by atoms with Crippen LogP contribution in [-0.2, 0) is 14.3 Å². The average molecular weight is 314 g/mol. The third-order valence-electron chi connectivity index (χ3n) is 1.39. The molecule has 0 saturated heterocycles. The van der Waals surface area contributed by atoms with Gasteiger partial charge in [-0.2, -0.15) is 0 Å². The van der Waals surface area contributed by atoms with Crippen LogP contribution < -0.4 is 0 Å². The summed E-state index contributed by atoms with van der Waals surface area (Å²) < 4.78 is 11.4. The molecule has 0 bridgehead atoms. The molecule has 0 aromatic carbocycles. The molecule has 0 aliphatic rings. The van der Waals surface area contributed by atoms with Gasteiger partial charge in [0.05, 0.1) is 24.7 Å². The Hall–Kier alpha value is 0.160. The highest BCUT2D eigenvalue weighted by atomic mass is 127. The molecule has 0 aromatic heterocycles. The maximum Gasteiger partial charge on any atom is 0.308 e. The van der Waals surface area contributed by atoms with Gasteiger partial charge in [-0.15, -0.1) is 0 Å². The maximum absolute atomic E-state index is 11.2. The molecule has 4 heteroatoms. The first-order valence-electron chi connectivity index (χ1n) is 4.78. The fourth-order valence-corrected chi connectivity index (χ4v) is 1.52. The van der Waals surface area contributed by atoms with Crippen molar-refractivity contribution >= 4 is 28.6 Å². The van der Waals surface area contributed by atoms with E-state index in [2.05, 4.69) is 22.6 Å². The van der Waals surface area contributed by atoms with Crippen molar-refractivity contribution in [2.75, 3.05) is 11.0 Å². The summed E-state index contributed by atoms with van der Waals surface area (Å²) in [6.45, 7) is 8.19. The number of hydrogen-bond acceptors (Lipinski definition) is 3. The number of esters is 1. The first kappa shape index (κ1) is 14.2. The molecular weight excluding hydrogens is 295 g/mol. The SMILES string of the molecule is CCOC(=O)CC(CI)OC(C)(C)C. The van der Waals surface area contributed by atoms with Crippen molar-refractivity contribution in [2.45, 2.75) is 45.8 Å². The van der Waals surface area contributed by atoms with Crippen molar-refractivity contribution < 1.29 is 14.3 Å². The average Bonchev–Trinajstić information content (AvgIpc) is 2.01. The minimum absolute atomic E-state index is 0.0466. The molecule has 1 atom stereocenters. The molecule has 84 valence electrons. The fourth-order valence-electron chi connectivity index (χ4n) is 1.03. The first-order chi connectivity index (χ1) is 6.39. The Labute approximate surface area is 99.7 Å². The van der Waals surface area contributed by atoms with E-state index in [-0.39, 0.29) is 17.7 Å². The Balaban J connectivity index is 3.97. The van der Waals surface area contributed by atoms with Gasteiger partial charge in [0.25, 0.3) is 0 Å². The molecular formula is C10H19IO3.